The molecule has 4 nitrogen and oxygen atoms in total. The van der Waals surface area contributed by atoms with Gasteiger partial charge in [-0.05, 0) is 59.9 Å². The number of carbonyl (C=O) groups excluding carboxylic acids is 1. The molecule has 3 rings (SSSR count). The first-order valence-corrected chi connectivity index (χ1v) is 8.55. The van der Waals surface area contributed by atoms with E-state index in [1.807, 2.05) is 69.3 Å². The highest BCUT2D eigenvalue weighted by molar-refractivity contribution is 5.90. The Bertz CT molecular complexity index is 977. The van der Waals surface area contributed by atoms with Crippen molar-refractivity contribution in [3.8, 4) is 5.75 Å². The molecule has 26 heavy (non-hydrogen) atoms. The van der Waals surface area contributed by atoms with Gasteiger partial charge in [0.15, 0.2) is 6.61 Å². The fourth-order valence-corrected chi connectivity index (χ4v) is 2.78. The molecule has 0 unspecified atom stereocenters. The van der Waals surface area contributed by atoms with Crippen molar-refractivity contribution in [2.24, 2.45) is 5.10 Å². The molecule has 3 aromatic rings. The molecular formula is C22H22N2O2. The highest BCUT2D eigenvalue weighted by Gasteiger charge is 2.08. The molecule has 1 N–H and O–H groups in total. The molecule has 0 aliphatic carbocycles. The lowest BCUT2D eigenvalue weighted by molar-refractivity contribution is -0.123. The van der Waals surface area contributed by atoms with E-state index >= 15 is 0 Å². The third kappa shape index (κ3) is 4.09. The first kappa shape index (κ1) is 17.7. The van der Waals surface area contributed by atoms with Gasteiger partial charge < -0.3 is 4.74 Å². The number of aryl methyl sites for hydroxylation is 2. The Kier molecular flexibility index (Phi) is 5.32. The predicted molar refractivity (Wildman–Crippen MR) is 106 cm³/mol. The first-order chi connectivity index (χ1) is 12.5. The fourth-order valence-electron chi connectivity index (χ4n) is 2.78. The van der Waals surface area contributed by atoms with Crippen LogP contribution in [0.4, 0.5) is 0 Å². The zero-order valence-electron chi connectivity index (χ0n) is 15.2. The van der Waals surface area contributed by atoms with Crippen molar-refractivity contribution in [2.75, 3.05) is 6.61 Å². The summed E-state index contributed by atoms with van der Waals surface area (Å²) in [5, 5.41) is 6.33. The van der Waals surface area contributed by atoms with Crippen LogP contribution < -0.4 is 10.2 Å². The minimum Gasteiger partial charge on any atom is -0.483 e. The summed E-state index contributed by atoms with van der Waals surface area (Å²) in [5.74, 6) is 0.473. The summed E-state index contributed by atoms with van der Waals surface area (Å²) in [6.07, 6.45) is 1.63. The van der Waals surface area contributed by atoms with Crippen molar-refractivity contribution < 1.29 is 9.53 Å². The number of hydrazone groups is 1. The van der Waals surface area contributed by atoms with E-state index in [0.717, 1.165) is 33.4 Å². The Hall–Kier alpha value is -3.14. The van der Waals surface area contributed by atoms with Gasteiger partial charge >= 0.3 is 0 Å². The minimum absolute atomic E-state index is 0.0693. The van der Waals surface area contributed by atoms with Crippen LogP contribution in [0.15, 0.2) is 59.7 Å². The second kappa shape index (κ2) is 7.83. The Morgan fingerprint density at radius 2 is 1.73 bits per heavy atom. The molecule has 3 aromatic carbocycles. The highest BCUT2D eigenvalue weighted by Crippen LogP contribution is 2.25. The number of hydrogen-bond acceptors (Lipinski definition) is 3. The van der Waals surface area contributed by atoms with Gasteiger partial charge in [0.1, 0.15) is 5.75 Å². The smallest absolute Gasteiger partial charge is 0.277 e. The lowest BCUT2D eigenvalue weighted by Crippen LogP contribution is -2.25. The van der Waals surface area contributed by atoms with E-state index < -0.39 is 0 Å². The van der Waals surface area contributed by atoms with Gasteiger partial charge in [0, 0.05) is 0 Å². The lowest BCUT2D eigenvalue weighted by atomic mass is 10.1. The van der Waals surface area contributed by atoms with Gasteiger partial charge in [-0.1, -0.05) is 48.5 Å². The molecule has 0 aromatic heterocycles. The Balaban J connectivity index is 1.58. The van der Waals surface area contributed by atoms with Crippen molar-refractivity contribution >= 4 is 22.9 Å². The standard InChI is InChI=1S/C22H22N2O2/c1-15-8-9-16(2)22(17(15)3)26-14-21(25)24-23-13-18-10-11-19-6-4-5-7-20(19)12-18/h4-13H,14H2,1-3H3,(H,24,25)/b23-13-. The van der Waals surface area contributed by atoms with Crippen molar-refractivity contribution in [3.05, 3.63) is 76.9 Å². The summed E-state index contributed by atoms with van der Waals surface area (Å²) in [5.41, 5.74) is 6.64. The van der Waals surface area contributed by atoms with E-state index in [0.29, 0.717) is 0 Å². The molecule has 0 saturated carbocycles. The van der Waals surface area contributed by atoms with Crippen LogP contribution in [0.5, 0.6) is 5.75 Å². The van der Waals surface area contributed by atoms with Crippen LogP contribution in [-0.4, -0.2) is 18.7 Å². The van der Waals surface area contributed by atoms with Crippen LogP contribution in [-0.2, 0) is 4.79 Å². The van der Waals surface area contributed by atoms with Crippen LogP contribution in [0, 0.1) is 20.8 Å². The number of nitrogens with one attached hydrogen (secondary N) is 1. The molecule has 0 bridgehead atoms. The van der Waals surface area contributed by atoms with Gasteiger partial charge in [0.05, 0.1) is 6.21 Å². The number of hydrogen-bond donors (Lipinski definition) is 1. The Morgan fingerprint density at radius 3 is 2.54 bits per heavy atom. The number of fused-ring (bicyclic) bond motifs is 1. The Labute approximate surface area is 153 Å². The van der Waals surface area contributed by atoms with Gasteiger partial charge in [-0.3, -0.25) is 4.79 Å². The summed E-state index contributed by atoms with van der Waals surface area (Å²) in [7, 11) is 0. The number of benzene rings is 3. The first-order valence-electron chi connectivity index (χ1n) is 8.55. The molecular weight excluding hydrogens is 324 g/mol. The maximum absolute atomic E-state index is 12.0. The van der Waals surface area contributed by atoms with Crippen LogP contribution in [0.3, 0.4) is 0 Å². The summed E-state index contributed by atoms with van der Waals surface area (Å²) in [4.78, 5) is 12.0. The summed E-state index contributed by atoms with van der Waals surface area (Å²) in [6, 6.07) is 18.2. The predicted octanol–water partition coefficient (Wildman–Crippen LogP) is 4.29. The molecule has 1 amide bonds. The topological polar surface area (TPSA) is 50.7 Å². The van der Waals surface area contributed by atoms with Gasteiger partial charge in [0.25, 0.3) is 5.91 Å². The average Bonchev–Trinajstić information content (AvgIpc) is 2.65. The number of nitrogens with zero attached hydrogens (tertiary/aromatic N) is 1. The van der Waals surface area contributed by atoms with Gasteiger partial charge in [-0.2, -0.15) is 5.10 Å². The fraction of sp³-hybridized carbons (Fsp3) is 0.182. The molecule has 4 heteroatoms. The zero-order valence-corrected chi connectivity index (χ0v) is 15.2. The molecule has 0 atom stereocenters. The van der Waals surface area contributed by atoms with Crippen LogP contribution in [0.1, 0.15) is 22.3 Å². The minimum atomic E-state index is -0.289. The normalized spacial score (nSPS) is 11.0. The molecule has 0 fully saturated rings. The third-order valence-electron chi connectivity index (χ3n) is 4.40. The molecule has 0 spiro atoms. The number of rotatable bonds is 5. The number of amides is 1. The largest absolute Gasteiger partial charge is 0.483 e. The van der Waals surface area contributed by atoms with Crippen molar-refractivity contribution in [1.29, 1.82) is 0 Å². The van der Waals surface area contributed by atoms with Gasteiger partial charge in [0.2, 0.25) is 0 Å². The van der Waals surface area contributed by atoms with Crippen LogP contribution in [0.25, 0.3) is 10.8 Å². The van der Waals surface area contributed by atoms with E-state index in [9.17, 15) is 4.79 Å². The summed E-state index contributed by atoms with van der Waals surface area (Å²) < 4.78 is 5.68. The monoisotopic (exact) mass is 346 g/mol. The molecule has 0 aliphatic rings. The number of ether oxygens (including phenoxy) is 1. The molecule has 0 radical (unpaired) electrons. The molecule has 132 valence electrons. The van der Waals surface area contributed by atoms with Crippen LogP contribution in [0.2, 0.25) is 0 Å². The maximum atomic E-state index is 12.0. The lowest BCUT2D eigenvalue weighted by Gasteiger charge is -2.13. The van der Waals surface area contributed by atoms with E-state index in [1.165, 1.54) is 5.39 Å². The van der Waals surface area contributed by atoms with E-state index in [1.54, 1.807) is 6.21 Å². The van der Waals surface area contributed by atoms with Gasteiger partial charge in [-0.25, -0.2) is 5.43 Å². The zero-order chi connectivity index (χ0) is 18.5. The van der Waals surface area contributed by atoms with E-state index in [-0.39, 0.29) is 12.5 Å². The molecule has 0 aliphatic heterocycles. The van der Waals surface area contributed by atoms with Crippen molar-refractivity contribution in [3.63, 3.8) is 0 Å². The summed E-state index contributed by atoms with van der Waals surface area (Å²) >= 11 is 0. The third-order valence-corrected chi connectivity index (χ3v) is 4.40. The highest BCUT2D eigenvalue weighted by atomic mass is 16.5. The van der Waals surface area contributed by atoms with Gasteiger partial charge in [-0.15, -0.1) is 0 Å². The molecule has 0 heterocycles. The quantitative estimate of drug-likeness (QED) is 0.553. The SMILES string of the molecule is Cc1ccc(C)c(OCC(=O)N/N=C\c2ccc3ccccc3c2)c1C. The second-order valence-corrected chi connectivity index (χ2v) is 6.34. The van der Waals surface area contributed by atoms with E-state index in [2.05, 4.69) is 16.6 Å². The van der Waals surface area contributed by atoms with E-state index in [4.69, 9.17) is 4.74 Å². The molecule has 0 saturated heterocycles. The van der Waals surface area contributed by atoms with Crippen molar-refractivity contribution in [1.82, 2.24) is 5.43 Å². The summed E-state index contributed by atoms with van der Waals surface area (Å²) in [6.45, 7) is 5.92. The Morgan fingerprint density at radius 1 is 1.00 bits per heavy atom. The maximum Gasteiger partial charge on any atom is 0.277 e. The van der Waals surface area contributed by atoms with Crippen LogP contribution >= 0.6 is 0 Å². The second-order valence-electron chi connectivity index (χ2n) is 6.34. The average molecular weight is 346 g/mol. The number of carbonyl (C=O) groups is 1. The van der Waals surface area contributed by atoms with Crippen molar-refractivity contribution in [2.45, 2.75) is 20.8 Å².